The van der Waals surface area contributed by atoms with Crippen LogP contribution in [-0.4, -0.2) is 50.9 Å². The number of aliphatic hydroxyl groups is 1. The number of aromatic nitrogens is 2. The fraction of sp³-hybridized carbons (Fsp3) is 0.560. The lowest BCUT2D eigenvalue weighted by atomic mass is 9.95. The smallest absolute Gasteiger partial charge is 0.316 e. The number of nitrogens with one attached hydrogen (secondary N) is 1. The van der Waals surface area contributed by atoms with E-state index in [0.29, 0.717) is 24.8 Å². The Bertz CT molecular complexity index is 892. The molecule has 0 unspecified atom stereocenters. The minimum Gasteiger partial charge on any atom is -0.481 e. The zero-order chi connectivity index (χ0) is 24.6. The number of ether oxygens (including phenoxy) is 1. The first kappa shape index (κ1) is 26.4. The van der Waals surface area contributed by atoms with Crippen molar-refractivity contribution < 1.29 is 19.7 Å². The molecule has 1 atom stereocenters. The van der Waals surface area contributed by atoms with Crippen molar-refractivity contribution in [2.45, 2.75) is 78.4 Å². The lowest BCUT2D eigenvalue weighted by molar-refractivity contribution is -0.137. The molecule has 2 aromatic rings. The van der Waals surface area contributed by atoms with Crippen LogP contribution in [0.2, 0.25) is 0 Å². The van der Waals surface area contributed by atoms with E-state index >= 15 is 0 Å². The second kappa shape index (κ2) is 11.8. The predicted octanol–water partition coefficient (Wildman–Crippen LogP) is 4.96. The van der Waals surface area contributed by atoms with Crippen LogP contribution in [0.25, 0.3) is 0 Å². The van der Waals surface area contributed by atoms with Gasteiger partial charge in [0.05, 0.1) is 48.1 Å². The fourth-order valence-electron chi connectivity index (χ4n) is 3.89. The number of nitrogens with zero attached hydrogens (tertiary/aromatic N) is 3. The van der Waals surface area contributed by atoms with Crippen molar-refractivity contribution in [3.8, 4) is 6.01 Å². The standard InChI is InChI=1S/C25H38N4O4/c1-7-20(8-2)29(16-25(5,6)32)22-11-10-18(17(4)12-23(30)31)13-21(22)28-19-14-26-24(27-15-19)33-9-3/h10-11,13-15,17,20,28,32H,7-9,12,16H2,1-6H3,(H,30,31)/t17-/m0/s1. The van der Waals surface area contributed by atoms with Gasteiger partial charge in [-0.1, -0.05) is 26.8 Å². The largest absolute Gasteiger partial charge is 0.481 e. The second-order valence-electron chi connectivity index (χ2n) is 9.00. The summed E-state index contributed by atoms with van der Waals surface area (Å²) in [5, 5.41) is 23.3. The van der Waals surface area contributed by atoms with Crippen LogP contribution in [0.1, 0.15) is 72.3 Å². The summed E-state index contributed by atoms with van der Waals surface area (Å²) in [6.45, 7) is 12.6. The highest BCUT2D eigenvalue weighted by molar-refractivity contribution is 5.77. The molecule has 0 saturated heterocycles. The number of anilines is 3. The Morgan fingerprint density at radius 3 is 2.33 bits per heavy atom. The van der Waals surface area contributed by atoms with Gasteiger partial charge in [0.2, 0.25) is 0 Å². The highest BCUT2D eigenvalue weighted by Gasteiger charge is 2.26. The molecule has 0 saturated carbocycles. The summed E-state index contributed by atoms with van der Waals surface area (Å²) in [6, 6.07) is 6.51. The van der Waals surface area contributed by atoms with Crippen molar-refractivity contribution >= 4 is 23.0 Å². The van der Waals surface area contributed by atoms with Crippen molar-refractivity contribution in [2.75, 3.05) is 23.4 Å². The molecule has 8 nitrogen and oxygen atoms in total. The zero-order valence-corrected chi connectivity index (χ0v) is 20.6. The van der Waals surface area contributed by atoms with Crippen molar-refractivity contribution in [3.05, 3.63) is 36.2 Å². The van der Waals surface area contributed by atoms with E-state index in [2.05, 4.69) is 34.0 Å². The number of rotatable bonds is 13. The van der Waals surface area contributed by atoms with Crippen LogP contribution in [0.5, 0.6) is 6.01 Å². The maximum absolute atomic E-state index is 11.3. The van der Waals surface area contributed by atoms with Crippen molar-refractivity contribution in [1.29, 1.82) is 0 Å². The van der Waals surface area contributed by atoms with Crippen molar-refractivity contribution in [2.24, 2.45) is 0 Å². The Morgan fingerprint density at radius 1 is 1.18 bits per heavy atom. The molecule has 1 aromatic heterocycles. The van der Waals surface area contributed by atoms with Crippen LogP contribution in [0, 0.1) is 0 Å². The lowest BCUT2D eigenvalue weighted by Crippen LogP contribution is -2.44. The van der Waals surface area contributed by atoms with Gasteiger partial charge in [0.25, 0.3) is 0 Å². The van der Waals surface area contributed by atoms with E-state index in [-0.39, 0.29) is 18.4 Å². The lowest BCUT2D eigenvalue weighted by Gasteiger charge is -2.38. The average Bonchev–Trinajstić information content (AvgIpc) is 2.74. The van der Waals surface area contributed by atoms with Gasteiger partial charge in [-0.05, 0) is 57.2 Å². The highest BCUT2D eigenvalue weighted by atomic mass is 16.5. The molecule has 0 fully saturated rings. The third-order valence-corrected chi connectivity index (χ3v) is 5.50. The molecule has 8 heteroatoms. The molecule has 0 aliphatic carbocycles. The molecule has 0 radical (unpaired) electrons. The molecule has 0 spiro atoms. The molecule has 2 rings (SSSR count). The Morgan fingerprint density at radius 2 is 1.82 bits per heavy atom. The van der Waals surface area contributed by atoms with Gasteiger partial charge < -0.3 is 25.2 Å². The quantitative estimate of drug-likeness (QED) is 0.386. The maximum Gasteiger partial charge on any atom is 0.316 e. The summed E-state index contributed by atoms with van der Waals surface area (Å²) in [5.41, 5.74) is 2.47. The Hall–Kier alpha value is -2.87. The van der Waals surface area contributed by atoms with Gasteiger partial charge in [0.15, 0.2) is 0 Å². The number of hydrogen-bond acceptors (Lipinski definition) is 7. The number of aliphatic carboxylic acids is 1. The summed E-state index contributed by atoms with van der Waals surface area (Å²) in [7, 11) is 0. The van der Waals surface area contributed by atoms with Crippen LogP contribution in [0.4, 0.5) is 17.1 Å². The SMILES string of the molecule is CCOc1ncc(Nc2cc([C@@H](C)CC(=O)O)ccc2N(CC(C)(C)O)C(CC)CC)cn1. The van der Waals surface area contributed by atoms with Gasteiger partial charge in [-0.25, -0.2) is 9.97 Å². The molecular weight excluding hydrogens is 420 g/mol. The molecule has 1 heterocycles. The summed E-state index contributed by atoms with van der Waals surface area (Å²) < 4.78 is 5.33. The van der Waals surface area contributed by atoms with Gasteiger partial charge in [-0.2, -0.15) is 0 Å². The molecule has 0 aliphatic heterocycles. The number of benzene rings is 1. The highest BCUT2D eigenvalue weighted by Crippen LogP contribution is 2.36. The van der Waals surface area contributed by atoms with E-state index in [4.69, 9.17) is 4.74 Å². The summed E-state index contributed by atoms with van der Waals surface area (Å²) in [5.74, 6) is -0.980. The van der Waals surface area contributed by atoms with Crippen LogP contribution in [0.3, 0.4) is 0 Å². The summed E-state index contributed by atoms with van der Waals surface area (Å²) in [4.78, 5) is 22.0. The molecule has 182 valence electrons. The molecule has 33 heavy (non-hydrogen) atoms. The zero-order valence-electron chi connectivity index (χ0n) is 20.6. The summed E-state index contributed by atoms with van der Waals surface area (Å²) in [6.07, 6.45) is 5.22. The van der Waals surface area contributed by atoms with Gasteiger partial charge >= 0.3 is 12.0 Å². The molecule has 1 aromatic carbocycles. The van der Waals surface area contributed by atoms with Crippen molar-refractivity contribution in [1.82, 2.24) is 9.97 Å². The molecule has 0 amide bonds. The Balaban J connectivity index is 2.53. The molecule has 0 bridgehead atoms. The first-order valence-electron chi connectivity index (χ1n) is 11.6. The van der Waals surface area contributed by atoms with Crippen LogP contribution < -0.4 is 15.0 Å². The molecule has 0 aliphatic rings. The predicted molar refractivity (Wildman–Crippen MR) is 132 cm³/mol. The van der Waals surface area contributed by atoms with E-state index < -0.39 is 11.6 Å². The third-order valence-electron chi connectivity index (χ3n) is 5.50. The maximum atomic E-state index is 11.3. The van der Waals surface area contributed by atoms with E-state index in [9.17, 15) is 15.0 Å². The topological polar surface area (TPSA) is 108 Å². The Labute approximate surface area is 197 Å². The normalized spacial score (nSPS) is 12.5. The first-order valence-corrected chi connectivity index (χ1v) is 11.6. The van der Waals surface area contributed by atoms with Crippen molar-refractivity contribution in [3.63, 3.8) is 0 Å². The van der Waals surface area contributed by atoms with Gasteiger partial charge in [-0.3, -0.25) is 4.79 Å². The monoisotopic (exact) mass is 458 g/mol. The fourth-order valence-corrected chi connectivity index (χ4v) is 3.89. The molecule has 3 N–H and O–H groups in total. The van der Waals surface area contributed by atoms with Crippen LogP contribution in [0.15, 0.2) is 30.6 Å². The number of carboxylic acid groups (broad SMARTS) is 1. The average molecular weight is 459 g/mol. The first-order chi connectivity index (χ1) is 15.6. The van der Waals surface area contributed by atoms with E-state index in [1.165, 1.54) is 0 Å². The van der Waals surface area contributed by atoms with Gasteiger partial charge in [0, 0.05) is 12.6 Å². The molecular formula is C25H38N4O4. The minimum atomic E-state index is -0.891. The third kappa shape index (κ3) is 7.89. The minimum absolute atomic E-state index is 0.0465. The van der Waals surface area contributed by atoms with Gasteiger partial charge in [0.1, 0.15) is 0 Å². The summed E-state index contributed by atoms with van der Waals surface area (Å²) >= 11 is 0. The van der Waals surface area contributed by atoms with Crippen LogP contribution >= 0.6 is 0 Å². The Kier molecular flexibility index (Phi) is 9.46. The van der Waals surface area contributed by atoms with E-state index in [1.54, 1.807) is 26.2 Å². The number of hydrogen-bond donors (Lipinski definition) is 3. The van der Waals surface area contributed by atoms with Gasteiger partial charge in [-0.15, -0.1) is 0 Å². The van der Waals surface area contributed by atoms with E-state index in [0.717, 1.165) is 29.8 Å². The number of carbonyl (C=O) groups is 1. The second-order valence-corrected chi connectivity index (χ2v) is 9.00. The number of carboxylic acids is 1. The van der Waals surface area contributed by atoms with Crippen LogP contribution in [-0.2, 0) is 4.79 Å². The van der Waals surface area contributed by atoms with E-state index in [1.807, 2.05) is 32.0 Å².